The maximum Gasteiger partial charge on any atom is 0.281 e. The van der Waals surface area contributed by atoms with Gasteiger partial charge < -0.3 is 10.6 Å². The zero-order valence-corrected chi connectivity index (χ0v) is 17.1. The molecule has 0 atom stereocenters. The Hall–Kier alpha value is -2.97. The first-order chi connectivity index (χ1) is 14.4. The number of rotatable bonds is 6. The lowest BCUT2D eigenvalue weighted by Gasteiger charge is -2.30. The van der Waals surface area contributed by atoms with Crippen molar-refractivity contribution >= 4 is 17.4 Å². The molecule has 7 nitrogen and oxygen atoms in total. The lowest BCUT2D eigenvalue weighted by atomic mass is 9.91. The van der Waals surface area contributed by atoms with E-state index < -0.39 is 6.43 Å². The van der Waals surface area contributed by atoms with E-state index in [1.54, 1.807) is 27.5 Å². The highest BCUT2D eigenvalue weighted by atomic mass is 19.3. The number of pyridine rings is 1. The number of alkyl halides is 2. The second-order valence-corrected chi connectivity index (χ2v) is 8.07. The Morgan fingerprint density at radius 1 is 1.13 bits per heavy atom. The Morgan fingerprint density at radius 2 is 1.87 bits per heavy atom. The summed E-state index contributed by atoms with van der Waals surface area (Å²) in [6.07, 6.45) is 5.62. The Bertz CT molecular complexity index is 1020. The number of hydrogen-bond acceptors (Lipinski definition) is 4. The molecule has 0 unspecified atom stereocenters. The van der Waals surface area contributed by atoms with Gasteiger partial charge in [0.15, 0.2) is 0 Å². The molecule has 1 amide bonds. The van der Waals surface area contributed by atoms with E-state index in [2.05, 4.69) is 20.7 Å². The maximum atomic E-state index is 13.0. The minimum Gasteiger partial charge on any atom is -0.368 e. The minimum absolute atomic E-state index is 0.0963. The summed E-state index contributed by atoms with van der Waals surface area (Å²) in [5.41, 5.74) is 0.847. The van der Waals surface area contributed by atoms with Crippen molar-refractivity contribution in [2.24, 2.45) is 0 Å². The molecule has 1 saturated carbocycles. The molecular formula is C21H26F2N6O. The third kappa shape index (κ3) is 4.29. The van der Waals surface area contributed by atoms with Crippen LogP contribution in [-0.4, -0.2) is 37.2 Å². The topological polar surface area (TPSA) is 76.2 Å². The van der Waals surface area contributed by atoms with Gasteiger partial charge in [-0.1, -0.05) is 6.07 Å². The molecule has 3 heterocycles. The summed E-state index contributed by atoms with van der Waals surface area (Å²) in [5, 5.41) is 10.8. The number of carbonyl (C=O) groups is 1. The SMILES string of the molecule is CC(C)n1cc(C(=O)N[C@H]2CC[C@@H](Nc3cccc4nc(C(F)F)cn34)CC2)cn1. The van der Waals surface area contributed by atoms with Crippen molar-refractivity contribution in [1.82, 2.24) is 24.5 Å². The molecular weight excluding hydrogens is 390 g/mol. The molecule has 1 aliphatic rings. The van der Waals surface area contributed by atoms with Crippen LogP contribution in [0, 0.1) is 0 Å². The molecule has 160 valence electrons. The summed E-state index contributed by atoms with van der Waals surface area (Å²) in [7, 11) is 0. The Balaban J connectivity index is 1.33. The minimum atomic E-state index is -2.59. The van der Waals surface area contributed by atoms with Gasteiger partial charge in [-0.25, -0.2) is 13.8 Å². The predicted octanol–water partition coefficient (Wildman–Crippen LogP) is 4.20. The number of hydrogen-bond donors (Lipinski definition) is 2. The van der Waals surface area contributed by atoms with Crippen molar-refractivity contribution in [2.45, 2.75) is 64.1 Å². The second kappa shape index (κ2) is 8.41. The molecule has 1 fully saturated rings. The Kier molecular flexibility index (Phi) is 5.69. The fourth-order valence-corrected chi connectivity index (χ4v) is 3.85. The van der Waals surface area contributed by atoms with Crippen molar-refractivity contribution in [3.05, 3.63) is 48.0 Å². The normalized spacial score (nSPS) is 19.5. The van der Waals surface area contributed by atoms with Crippen molar-refractivity contribution in [3.63, 3.8) is 0 Å². The fraction of sp³-hybridized carbons (Fsp3) is 0.476. The van der Waals surface area contributed by atoms with Crippen LogP contribution in [-0.2, 0) is 0 Å². The summed E-state index contributed by atoms with van der Waals surface area (Å²) < 4.78 is 29.4. The lowest BCUT2D eigenvalue weighted by molar-refractivity contribution is 0.0926. The molecule has 0 bridgehead atoms. The number of anilines is 1. The highest BCUT2D eigenvalue weighted by Gasteiger charge is 2.24. The molecule has 0 spiro atoms. The molecule has 3 aromatic rings. The first-order valence-electron chi connectivity index (χ1n) is 10.3. The van der Waals surface area contributed by atoms with Gasteiger partial charge in [-0.15, -0.1) is 0 Å². The lowest BCUT2D eigenvalue weighted by Crippen LogP contribution is -2.40. The number of nitrogens with one attached hydrogen (secondary N) is 2. The van der Waals surface area contributed by atoms with E-state index in [0.29, 0.717) is 11.2 Å². The average molecular weight is 416 g/mol. The van der Waals surface area contributed by atoms with Crippen LogP contribution in [0.3, 0.4) is 0 Å². The van der Waals surface area contributed by atoms with E-state index in [4.69, 9.17) is 0 Å². The van der Waals surface area contributed by atoms with E-state index in [0.717, 1.165) is 31.5 Å². The van der Waals surface area contributed by atoms with E-state index >= 15 is 0 Å². The highest BCUT2D eigenvalue weighted by molar-refractivity contribution is 5.93. The number of amides is 1. The summed E-state index contributed by atoms with van der Waals surface area (Å²) in [6.45, 7) is 4.03. The van der Waals surface area contributed by atoms with E-state index in [1.165, 1.54) is 6.20 Å². The number of nitrogens with zero attached hydrogens (tertiary/aromatic N) is 4. The highest BCUT2D eigenvalue weighted by Crippen LogP contribution is 2.25. The molecule has 3 aromatic heterocycles. The molecule has 0 radical (unpaired) electrons. The van der Waals surface area contributed by atoms with E-state index in [9.17, 15) is 13.6 Å². The van der Waals surface area contributed by atoms with Crippen LogP contribution < -0.4 is 10.6 Å². The van der Waals surface area contributed by atoms with Crippen molar-refractivity contribution in [3.8, 4) is 0 Å². The van der Waals surface area contributed by atoms with Gasteiger partial charge in [0.1, 0.15) is 17.2 Å². The maximum absolute atomic E-state index is 13.0. The number of aromatic nitrogens is 4. The molecule has 0 aromatic carbocycles. The van der Waals surface area contributed by atoms with Gasteiger partial charge in [0.05, 0.1) is 11.8 Å². The molecule has 2 N–H and O–H groups in total. The Labute approximate surface area is 173 Å². The number of halogens is 2. The molecule has 1 aliphatic carbocycles. The van der Waals surface area contributed by atoms with Crippen LogP contribution in [0.25, 0.3) is 5.65 Å². The Morgan fingerprint density at radius 3 is 2.53 bits per heavy atom. The van der Waals surface area contributed by atoms with Crippen LogP contribution >= 0.6 is 0 Å². The van der Waals surface area contributed by atoms with Crippen LogP contribution in [0.1, 0.15) is 68.0 Å². The number of imidazole rings is 1. The molecule has 30 heavy (non-hydrogen) atoms. The van der Waals surface area contributed by atoms with E-state index in [1.807, 2.05) is 26.0 Å². The number of fused-ring (bicyclic) bond motifs is 1. The van der Waals surface area contributed by atoms with Crippen molar-refractivity contribution in [1.29, 1.82) is 0 Å². The van der Waals surface area contributed by atoms with Crippen LogP contribution in [0.2, 0.25) is 0 Å². The van der Waals surface area contributed by atoms with Gasteiger partial charge in [-0.3, -0.25) is 13.9 Å². The van der Waals surface area contributed by atoms with Gasteiger partial charge in [-0.2, -0.15) is 5.10 Å². The smallest absolute Gasteiger partial charge is 0.281 e. The summed E-state index contributed by atoms with van der Waals surface area (Å²) in [4.78, 5) is 16.4. The first kappa shape index (κ1) is 20.3. The first-order valence-corrected chi connectivity index (χ1v) is 10.3. The molecule has 0 aliphatic heterocycles. The van der Waals surface area contributed by atoms with E-state index in [-0.39, 0.29) is 29.7 Å². The third-order valence-electron chi connectivity index (χ3n) is 5.54. The number of carbonyl (C=O) groups excluding carboxylic acids is 1. The van der Waals surface area contributed by atoms with Crippen molar-refractivity contribution in [2.75, 3.05) is 5.32 Å². The van der Waals surface area contributed by atoms with Crippen LogP contribution in [0.4, 0.5) is 14.6 Å². The van der Waals surface area contributed by atoms with Gasteiger partial charge in [0.2, 0.25) is 0 Å². The average Bonchev–Trinajstić information content (AvgIpc) is 3.37. The van der Waals surface area contributed by atoms with Crippen molar-refractivity contribution < 1.29 is 13.6 Å². The van der Waals surface area contributed by atoms with Gasteiger partial charge in [0.25, 0.3) is 12.3 Å². The molecule has 4 rings (SSSR count). The molecule has 0 saturated heterocycles. The van der Waals surface area contributed by atoms with Gasteiger partial charge in [0, 0.05) is 30.5 Å². The monoisotopic (exact) mass is 416 g/mol. The zero-order valence-electron chi connectivity index (χ0n) is 17.1. The predicted molar refractivity (Wildman–Crippen MR) is 110 cm³/mol. The van der Waals surface area contributed by atoms with Gasteiger partial charge >= 0.3 is 0 Å². The standard InChI is InChI=1S/C21H26F2N6O/c1-13(2)29-11-14(10-24-29)21(30)26-16-8-6-15(7-9-16)25-18-4-3-5-19-27-17(20(22)23)12-28(18)19/h3-5,10-13,15-16,20,25H,6-9H2,1-2H3,(H,26,30)/t15-,16+. The summed E-state index contributed by atoms with van der Waals surface area (Å²) >= 11 is 0. The summed E-state index contributed by atoms with van der Waals surface area (Å²) in [6, 6.07) is 5.93. The fourth-order valence-electron chi connectivity index (χ4n) is 3.85. The van der Waals surface area contributed by atoms with Crippen LogP contribution in [0.5, 0.6) is 0 Å². The third-order valence-corrected chi connectivity index (χ3v) is 5.54. The second-order valence-electron chi connectivity index (χ2n) is 8.07. The van der Waals surface area contributed by atoms with Gasteiger partial charge in [-0.05, 0) is 51.7 Å². The largest absolute Gasteiger partial charge is 0.368 e. The molecule has 9 heteroatoms. The van der Waals surface area contributed by atoms with Crippen LogP contribution in [0.15, 0.2) is 36.8 Å². The quantitative estimate of drug-likeness (QED) is 0.631. The summed E-state index contributed by atoms with van der Waals surface area (Å²) in [5.74, 6) is 0.654. The zero-order chi connectivity index (χ0) is 21.3.